The molecular formula is C13H16N4O2. The van der Waals surface area contributed by atoms with E-state index < -0.39 is 5.97 Å². The molecule has 0 aliphatic heterocycles. The summed E-state index contributed by atoms with van der Waals surface area (Å²) in [5.41, 5.74) is 3.50. The van der Waals surface area contributed by atoms with E-state index in [0.29, 0.717) is 13.1 Å². The fraction of sp³-hybridized carbons (Fsp3) is 0.308. The number of nitrogens with zero attached hydrogens (tertiary/aromatic N) is 3. The van der Waals surface area contributed by atoms with Crippen LogP contribution in [0.4, 0.5) is 5.69 Å². The SMILES string of the molecule is Cc1ccc(NCCn2cc(C(=O)O)nn2)cc1C. The minimum atomic E-state index is -1.06. The molecule has 2 N–H and O–H groups in total. The average molecular weight is 260 g/mol. The van der Waals surface area contributed by atoms with Crippen molar-refractivity contribution in [3.05, 3.63) is 41.2 Å². The number of aryl methyl sites for hydroxylation is 2. The van der Waals surface area contributed by atoms with Crippen LogP contribution >= 0.6 is 0 Å². The summed E-state index contributed by atoms with van der Waals surface area (Å²) in [4.78, 5) is 10.6. The van der Waals surface area contributed by atoms with Gasteiger partial charge in [0.15, 0.2) is 5.69 Å². The summed E-state index contributed by atoms with van der Waals surface area (Å²) in [7, 11) is 0. The molecule has 0 atom stereocenters. The van der Waals surface area contributed by atoms with Crippen molar-refractivity contribution in [3.8, 4) is 0 Å². The maximum Gasteiger partial charge on any atom is 0.358 e. The highest BCUT2D eigenvalue weighted by molar-refractivity contribution is 5.84. The van der Waals surface area contributed by atoms with E-state index in [0.717, 1.165) is 5.69 Å². The van der Waals surface area contributed by atoms with Gasteiger partial charge in [0.2, 0.25) is 0 Å². The molecule has 0 radical (unpaired) electrons. The molecule has 19 heavy (non-hydrogen) atoms. The normalized spacial score (nSPS) is 10.4. The van der Waals surface area contributed by atoms with Crippen molar-refractivity contribution < 1.29 is 9.90 Å². The number of carboxylic acids is 1. The summed E-state index contributed by atoms with van der Waals surface area (Å²) >= 11 is 0. The quantitative estimate of drug-likeness (QED) is 0.855. The molecule has 0 saturated carbocycles. The summed E-state index contributed by atoms with van der Waals surface area (Å²) in [5, 5.41) is 19.3. The Morgan fingerprint density at radius 1 is 1.37 bits per heavy atom. The average Bonchev–Trinajstić information content (AvgIpc) is 2.83. The first-order valence-corrected chi connectivity index (χ1v) is 6.01. The van der Waals surface area contributed by atoms with Crippen LogP contribution in [0.5, 0.6) is 0 Å². The van der Waals surface area contributed by atoms with E-state index in [9.17, 15) is 4.79 Å². The topological polar surface area (TPSA) is 80.0 Å². The third kappa shape index (κ3) is 3.31. The highest BCUT2D eigenvalue weighted by Gasteiger charge is 2.07. The monoisotopic (exact) mass is 260 g/mol. The summed E-state index contributed by atoms with van der Waals surface area (Å²) in [5.74, 6) is -1.06. The van der Waals surface area contributed by atoms with Crippen LogP contribution in [-0.2, 0) is 6.54 Å². The molecule has 0 aliphatic rings. The summed E-state index contributed by atoms with van der Waals surface area (Å²) in [6.07, 6.45) is 1.42. The lowest BCUT2D eigenvalue weighted by Gasteiger charge is -2.08. The molecule has 1 aromatic carbocycles. The zero-order valence-corrected chi connectivity index (χ0v) is 10.9. The van der Waals surface area contributed by atoms with Crippen molar-refractivity contribution in [2.24, 2.45) is 0 Å². The molecule has 0 amide bonds. The number of benzene rings is 1. The number of rotatable bonds is 5. The second kappa shape index (κ2) is 5.51. The molecule has 0 aliphatic carbocycles. The standard InChI is InChI=1S/C13H16N4O2/c1-9-3-4-11(7-10(9)2)14-5-6-17-8-12(13(18)19)15-16-17/h3-4,7-8,14H,5-6H2,1-2H3,(H,18,19). The van der Waals surface area contributed by atoms with Crippen LogP contribution in [0, 0.1) is 13.8 Å². The third-order valence-electron chi connectivity index (χ3n) is 2.93. The molecule has 6 heteroatoms. The molecule has 2 rings (SSSR count). The molecule has 100 valence electrons. The molecule has 1 aromatic heterocycles. The van der Waals surface area contributed by atoms with Crippen molar-refractivity contribution in [1.29, 1.82) is 0 Å². The van der Waals surface area contributed by atoms with Gasteiger partial charge in [-0.25, -0.2) is 9.48 Å². The van der Waals surface area contributed by atoms with Crippen LogP contribution in [0.1, 0.15) is 21.6 Å². The molecule has 0 fully saturated rings. The molecule has 0 saturated heterocycles. The molecule has 6 nitrogen and oxygen atoms in total. The molecule has 0 unspecified atom stereocenters. The van der Waals surface area contributed by atoms with E-state index in [1.165, 1.54) is 22.0 Å². The maximum absolute atomic E-state index is 10.6. The van der Waals surface area contributed by atoms with Gasteiger partial charge in [0.25, 0.3) is 0 Å². The van der Waals surface area contributed by atoms with Crippen molar-refractivity contribution >= 4 is 11.7 Å². The zero-order chi connectivity index (χ0) is 13.8. The Kier molecular flexibility index (Phi) is 3.79. The second-order valence-electron chi connectivity index (χ2n) is 4.40. The van der Waals surface area contributed by atoms with Crippen molar-refractivity contribution in [1.82, 2.24) is 15.0 Å². The van der Waals surface area contributed by atoms with Crippen LogP contribution in [0.15, 0.2) is 24.4 Å². The van der Waals surface area contributed by atoms with Crippen LogP contribution < -0.4 is 5.32 Å². The summed E-state index contributed by atoms with van der Waals surface area (Å²) < 4.78 is 1.51. The predicted molar refractivity (Wildman–Crippen MR) is 71.4 cm³/mol. The molecule has 0 spiro atoms. The van der Waals surface area contributed by atoms with Gasteiger partial charge in [0, 0.05) is 12.2 Å². The lowest BCUT2D eigenvalue weighted by Crippen LogP contribution is -2.11. The lowest BCUT2D eigenvalue weighted by atomic mass is 10.1. The third-order valence-corrected chi connectivity index (χ3v) is 2.93. The van der Waals surface area contributed by atoms with Crippen molar-refractivity contribution in [2.45, 2.75) is 20.4 Å². The highest BCUT2D eigenvalue weighted by atomic mass is 16.4. The Hall–Kier alpha value is -2.37. The van der Waals surface area contributed by atoms with Gasteiger partial charge in [-0.3, -0.25) is 0 Å². The zero-order valence-electron chi connectivity index (χ0n) is 10.9. The number of nitrogens with one attached hydrogen (secondary N) is 1. The molecule has 1 heterocycles. The Balaban J connectivity index is 1.88. The van der Waals surface area contributed by atoms with Gasteiger partial charge in [-0.2, -0.15) is 0 Å². The van der Waals surface area contributed by atoms with Gasteiger partial charge < -0.3 is 10.4 Å². The van der Waals surface area contributed by atoms with E-state index in [2.05, 4.69) is 41.6 Å². The Bertz CT molecular complexity index is 592. The fourth-order valence-electron chi connectivity index (χ4n) is 1.67. The van der Waals surface area contributed by atoms with E-state index in [1.807, 2.05) is 6.07 Å². The Labute approximate surface area is 111 Å². The number of carboxylic acid groups (broad SMARTS) is 1. The first-order chi connectivity index (χ1) is 9.06. The smallest absolute Gasteiger partial charge is 0.358 e. The predicted octanol–water partition coefficient (Wildman–Crippen LogP) is 1.71. The number of hydrogen-bond acceptors (Lipinski definition) is 4. The van der Waals surface area contributed by atoms with E-state index in [4.69, 9.17) is 5.11 Å². The number of hydrogen-bond donors (Lipinski definition) is 2. The lowest BCUT2D eigenvalue weighted by molar-refractivity contribution is 0.0690. The van der Waals surface area contributed by atoms with Gasteiger partial charge in [-0.1, -0.05) is 11.3 Å². The van der Waals surface area contributed by atoms with Crippen LogP contribution in [0.25, 0.3) is 0 Å². The number of aromatic nitrogens is 3. The minimum Gasteiger partial charge on any atom is -0.476 e. The van der Waals surface area contributed by atoms with Crippen molar-refractivity contribution in [2.75, 3.05) is 11.9 Å². The number of anilines is 1. The van der Waals surface area contributed by atoms with Gasteiger partial charge in [-0.15, -0.1) is 5.10 Å². The second-order valence-corrected chi connectivity index (χ2v) is 4.40. The largest absolute Gasteiger partial charge is 0.476 e. The van der Waals surface area contributed by atoms with Crippen molar-refractivity contribution in [3.63, 3.8) is 0 Å². The van der Waals surface area contributed by atoms with Gasteiger partial charge >= 0.3 is 5.97 Å². The highest BCUT2D eigenvalue weighted by Crippen LogP contribution is 2.13. The maximum atomic E-state index is 10.6. The number of aromatic carboxylic acids is 1. The van der Waals surface area contributed by atoms with Crippen LogP contribution in [0.3, 0.4) is 0 Å². The van der Waals surface area contributed by atoms with Crippen LogP contribution in [0.2, 0.25) is 0 Å². The first-order valence-electron chi connectivity index (χ1n) is 6.01. The first kappa shape index (κ1) is 13.1. The van der Waals surface area contributed by atoms with Gasteiger partial charge in [-0.05, 0) is 37.1 Å². The number of carbonyl (C=O) groups is 1. The van der Waals surface area contributed by atoms with Gasteiger partial charge in [0.1, 0.15) is 0 Å². The molecule has 0 bridgehead atoms. The van der Waals surface area contributed by atoms with E-state index in [-0.39, 0.29) is 5.69 Å². The summed E-state index contributed by atoms with van der Waals surface area (Å²) in [6, 6.07) is 6.17. The Morgan fingerprint density at radius 3 is 2.79 bits per heavy atom. The van der Waals surface area contributed by atoms with E-state index >= 15 is 0 Å². The molecular weight excluding hydrogens is 244 g/mol. The van der Waals surface area contributed by atoms with E-state index in [1.54, 1.807) is 0 Å². The fourth-order valence-corrected chi connectivity index (χ4v) is 1.67. The molecule has 2 aromatic rings. The van der Waals surface area contributed by atoms with Crippen LogP contribution in [-0.4, -0.2) is 32.6 Å². The minimum absolute atomic E-state index is 0.0359. The van der Waals surface area contributed by atoms with Gasteiger partial charge in [0.05, 0.1) is 12.7 Å². The Morgan fingerprint density at radius 2 is 2.16 bits per heavy atom. The summed E-state index contributed by atoms with van der Waals surface area (Å²) in [6.45, 7) is 5.36.